The molecule has 2 rings (SSSR count). The molecule has 1 aliphatic heterocycles. The molecule has 0 bridgehead atoms. The van der Waals surface area contributed by atoms with Gasteiger partial charge < -0.3 is 4.74 Å². The summed E-state index contributed by atoms with van der Waals surface area (Å²) in [4.78, 5) is 27.5. The molecule has 1 saturated heterocycles. The van der Waals surface area contributed by atoms with E-state index in [4.69, 9.17) is 10.3 Å². The molecular weight excluding hydrogens is 260 g/mol. The summed E-state index contributed by atoms with van der Waals surface area (Å²) in [7, 11) is 0. The Balaban J connectivity index is 2.05. The van der Waals surface area contributed by atoms with Gasteiger partial charge in [-0.05, 0) is 17.5 Å². The van der Waals surface area contributed by atoms with Gasteiger partial charge >= 0.3 is 6.09 Å². The van der Waals surface area contributed by atoms with Gasteiger partial charge in [0.05, 0.1) is 0 Å². The molecule has 0 spiro atoms. The van der Waals surface area contributed by atoms with Crippen LogP contribution in [0.3, 0.4) is 0 Å². The van der Waals surface area contributed by atoms with Crippen LogP contribution >= 0.6 is 0 Å². The monoisotopic (exact) mass is 274 g/mol. The summed E-state index contributed by atoms with van der Waals surface area (Å²) in [6, 6.07) is 8.90. The number of azide groups is 1. The number of rotatable bonds is 5. The first-order valence-corrected chi connectivity index (χ1v) is 6.28. The third-order valence-electron chi connectivity index (χ3n) is 3.04. The highest BCUT2D eigenvalue weighted by Gasteiger charge is 2.38. The highest BCUT2D eigenvalue weighted by Crippen LogP contribution is 2.28. The average molecular weight is 274 g/mol. The standard InChI is InChI=1S/C13H14N4O3/c14-16-15-8-4-7-12(18)17-11(9-20-13(17)19)10-5-2-1-3-6-10/h1-3,5-6,11H,4,7-9H2/t11-/m0/s1. The molecule has 1 aromatic carbocycles. The predicted octanol–water partition coefficient (Wildman–Crippen LogP) is 2.80. The summed E-state index contributed by atoms with van der Waals surface area (Å²) in [5, 5.41) is 3.36. The quantitative estimate of drug-likeness (QED) is 0.357. The normalized spacial score (nSPS) is 17.5. The molecule has 0 radical (unpaired) electrons. The lowest BCUT2D eigenvalue weighted by Crippen LogP contribution is -2.34. The van der Waals surface area contributed by atoms with Gasteiger partial charge in [0.25, 0.3) is 0 Å². The summed E-state index contributed by atoms with van der Waals surface area (Å²) < 4.78 is 4.97. The largest absolute Gasteiger partial charge is 0.446 e. The second kappa shape index (κ2) is 6.58. The first-order chi connectivity index (χ1) is 9.74. The van der Waals surface area contributed by atoms with Crippen molar-refractivity contribution in [2.45, 2.75) is 18.9 Å². The van der Waals surface area contributed by atoms with E-state index in [1.54, 1.807) is 0 Å². The lowest BCUT2D eigenvalue weighted by molar-refractivity contribution is -0.129. The van der Waals surface area contributed by atoms with Crippen LogP contribution in [0.15, 0.2) is 35.4 Å². The van der Waals surface area contributed by atoms with Gasteiger partial charge in [0.2, 0.25) is 5.91 Å². The topological polar surface area (TPSA) is 95.4 Å². The molecule has 2 amide bonds. The van der Waals surface area contributed by atoms with Crippen LogP contribution in [0.4, 0.5) is 4.79 Å². The minimum atomic E-state index is -0.618. The molecule has 1 aromatic rings. The van der Waals surface area contributed by atoms with E-state index >= 15 is 0 Å². The fourth-order valence-electron chi connectivity index (χ4n) is 2.08. The molecular formula is C13H14N4O3. The van der Waals surface area contributed by atoms with Crippen molar-refractivity contribution in [2.75, 3.05) is 13.2 Å². The van der Waals surface area contributed by atoms with Gasteiger partial charge in [0, 0.05) is 17.9 Å². The maximum atomic E-state index is 12.1. The summed E-state index contributed by atoms with van der Waals surface area (Å²) in [5.41, 5.74) is 9.03. The van der Waals surface area contributed by atoms with Crippen molar-refractivity contribution in [3.8, 4) is 0 Å². The summed E-state index contributed by atoms with van der Waals surface area (Å²) in [6.07, 6.45) is -0.0568. The number of hydrogen-bond acceptors (Lipinski definition) is 4. The first-order valence-electron chi connectivity index (χ1n) is 6.28. The fraction of sp³-hybridized carbons (Fsp3) is 0.385. The molecule has 1 heterocycles. The number of ether oxygens (including phenoxy) is 1. The van der Waals surface area contributed by atoms with Crippen LogP contribution in [0, 0.1) is 0 Å². The lowest BCUT2D eigenvalue weighted by atomic mass is 10.1. The Bertz CT molecular complexity index is 540. The number of benzene rings is 1. The van der Waals surface area contributed by atoms with Gasteiger partial charge in [-0.15, -0.1) is 0 Å². The highest BCUT2D eigenvalue weighted by atomic mass is 16.6. The molecule has 0 aliphatic carbocycles. The van der Waals surface area contributed by atoms with Crippen LogP contribution in [-0.2, 0) is 9.53 Å². The SMILES string of the molecule is [N-]=[N+]=NCCCC(=O)N1C(=O)OC[C@H]1c1ccccc1. The molecule has 7 heteroatoms. The molecule has 0 aromatic heterocycles. The van der Waals surface area contributed by atoms with Gasteiger partial charge in [-0.3, -0.25) is 4.79 Å². The third-order valence-corrected chi connectivity index (χ3v) is 3.04. The van der Waals surface area contributed by atoms with Crippen molar-refractivity contribution in [3.05, 3.63) is 46.3 Å². The van der Waals surface area contributed by atoms with Crippen LogP contribution < -0.4 is 0 Å². The number of nitrogens with zero attached hydrogens (tertiary/aromatic N) is 4. The molecule has 7 nitrogen and oxygen atoms in total. The van der Waals surface area contributed by atoms with Crippen molar-refractivity contribution in [1.29, 1.82) is 0 Å². The molecule has 1 fully saturated rings. The van der Waals surface area contributed by atoms with Crippen molar-refractivity contribution in [2.24, 2.45) is 5.11 Å². The maximum Gasteiger partial charge on any atom is 0.417 e. The molecule has 0 N–H and O–H groups in total. The average Bonchev–Trinajstić information content (AvgIpc) is 2.86. The van der Waals surface area contributed by atoms with Crippen LogP contribution in [-0.4, -0.2) is 30.1 Å². The summed E-state index contributed by atoms with van der Waals surface area (Å²) in [6.45, 7) is 0.409. The first kappa shape index (κ1) is 13.9. The number of carbonyl (C=O) groups is 2. The number of amides is 2. The second-order valence-corrected chi connectivity index (χ2v) is 4.33. The van der Waals surface area contributed by atoms with E-state index in [0.717, 1.165) is 10.5 Å². The van der Waals surface area contributed by atoms with Crippen LogP contribution in [0.5, 0.6) is 0 Å². The van der Waals surface area contributed by atoms with E-state index in [1.807, 2.05) is 30.3 Å². The van der Waals surface area contributed by atoms with E-state index < -0.39 is 6.09 Å². The van der Waals surface area contributed by atoms with Gasteiger partial charge in [0.1, 0.15) is 12.6 Å². The zero-order valence-corrected chi connectivity index (χ0v) is 10.8. The molecule has 104 valence electrons. The molecule has 1 atom stereocenters. The third kappa shape index (κ3) is 3.07. The predicted molar refractivity (Wildman–Crippen MR) is 70.6 cm³/mol. The van der Waals surface area contributed by atoms with E-state index in [2.05, 4.69) is 10.0 Å². The maximum absolute atomic E-state index is 12.1. The van der Waals surface area contributed by atoms with Crippen LogP contribution in [0.25, 0.3) is 10.4 Å². The number of hydrogen-bond donors (Lipinski definition) is 0. The van der Waals surface area contributed by atoms with Crippen molar-refractivity contribution < 1.29 is 14.3 Å². The molecule has 1 aliphatic rings. The Morgan fingerprint density at radius 2 is 2.20 bits per heavy atom. The lowest BCUT2D eigenvalue weighted by Gasteiger charge is -2.19. The number of carbonyl (C=O) groups excluding carboxylic acids is 2. The van der Waals surface area contributed by atoms with E-state index in [-0.39, 0.29) is 31.5 Å². The van der Waals surface area contributed by atoms with Gasteiger partial charge in [-0.1, -0.05) is 35.4 Å². The molecule has 20 heavy (non-hydrogen) atoms. The Hall–Kier alpha value is -2.53. The summed E-state index contributed by atoms with van der Waals surface area (Å²) in [5.74, 6) is -0.311. The second-order valence-electron chi connectivity index (χ2n) is 4.33. The van der Waals surface area contributed by atoms with Gasteiger partial charge in [-0.2, -0.15) is 0 Å². The Kier molecular flexibility index (Phi) is 4.57. The molecule has 0 unspecified atom stereocenters. The zero-order chi connectivity index (χ0) is 14.4. The van der Waals surface area contributed by atoms with Gasteiger partial charge in [0.15, 0.2) is 0 Å². The highest BCUT2D eigenvalue weighted by molar-refractivity contribution is 5.93. The van der Waals surface area contributed by atoms with E-state index in [1.165, 1.54) is 0 Å². The molecule has 0 saturated carbocycles. The van der Waals surface area contributed by atoms with Crippen molar-refractivity contribution in [1.82, 2.24) is 4.90 Å². The van der Waals surface area contributed by atoms with Crippen molar-refractivity contribution in [3.63, 3.8) is 0 Å². The Morgan fingerprint density at radius 1 is 1.45 bits per heavy atom. The smallest absolute Gasteiger partial charge is 0.417 e. The minimum Gasteiger partial charge on any atom is -0.446 e. The Morgan fingerprint density at radius 3 is 2.90 bits per heavy atom. The number of cyclic esters (lactones) is 1. The van der Waals surface area contributed by atoms with Crippen LogP contribution in [0.2, 0.25) is 0 Å². The fourth-order valence-corrected chi connectivity index (χ4v) is 2.08. The summed E-state index contributed by atoms with van der Waals surface area (Å²) >= 11 is 0. The van der Waals surface area contributed by atoms with E-state index in [9.17, 15) is 9.59 Å². The zero-order valence-electron chi connectivity index (χ0n) is 10.8. The number of imide groups is 1. The van der Waals surface area contributed by atoms with Crippen LogP contribution in [0.1, 0.15) is 24.4 Å². The minimum absolute atomic E-state index is 0.150. The van der Waals surface area contributed by atoms with E-state index in [0.29, 0.717) is 6.42 Å². The van der Waals surface area contributed by atoms with Crippen molar-refractivity contribution >= 4 is 12.0 Å². The van der Waals surface area contributed by atoms with Gasteiger partial charge in [-0.25, -0.2) is 9.69 Å². The Labute approximate surface area is 115 Å².